The maximum atomic E-state index is 12.5. The van der Waals surface area contributed by atoms with Gasteiger partial charge in [0.2, 0.25) is 5.13 Å². The van der Waals surface area contributed by atoms with Gasteiger partial charge in [0.15, 0.2) is 0 Å². The van der Waals surface area contributed by atoms with Crippen LogP contribution in [-0.4, -0.2) is 25.6 Å². The highest BCUT2D eigenvalue weighted by molar-refractivity contribution is 7.20. The van der Waals surface area contributed by atoms with Crippen LogP contribution in [0.25, 0.3) is 15.3 Å². The summed E-state index contributed by atoms with van der Waals surface area (Å²) in [5.74, 6) is 0.0399. The van der Waals surface area contributed by atoms with Crippen molar-refractivity contribution in [2.45, 2.75) is 20.8 Å². The third kappa shape index (κ3) is 3.27. The normalized spacial score (nSPS) is 11.1. The standard InChI is InChI=1S/C18H15N5O3S2/c1-9-6-12-14(7-10(9)2)28-18(19-12)22-15(8-11(3)21-22)20-17(24)13-4-5-16(27-13)23(25)26/h4-8H,1-3H3,(H,20,24). The summed E-state index contributed by atoms with van der Waals surface area (Å²) in [6, 6.07) is 8.62. The number of fused-ring (bicyclic) bond motifs is 1. The van der Waals surface area contributed by atoms with Gasteiger partial charge in [0.05, 0.1) is 25.7 Å². The molecule has 8 nitrogen and oxygen atoms in total. The highest BCUT2D eigenvalue weighted by Gasteiger charge is 2.19. The molecule has 0 spiro atoms. The molecule has 1 aromatic carbocycles. The number of amides is 1. The Morgan fingerprint density at radius 1 is 1.14 bits per heavy atom. The summed E-state index contributed by atoms with van der Waals surface area (Å²) in [5.41, 5.74) is 3.95. The molecular weight excluding hydrogens is 398 g/mol. The van der Waals surface area contributed by atoms with E-state index in [4.69, 9.17) is 0 Å². The smallest absolute Gasteiger partial charge is 0.306 e. The number of hydrogen-bond acceptors (Lipinski definition) is 7. The van der Waals surface area contributed by atoms with Crippen LogP contribution in [-0.2, 0) is 0 Å². The largest absolute Gasteiger partial charge is 0.324 e. The summed E-state index contributed by atoms with van der Waals surface area (Å²) in [7, 11) is 0. The van der Waals surface area contributed by atoms with Crippen molar-refractivity contribution in [3.63, 3.8) is 0 Å². The summed E-state index contributed by atoms with van der Waals surface area (Å²) >= 11 is 2.31. The summed E-state index contributed by atoms with van der Waals surface area (Å²) in [6.07, 6.45) is 0. The monoisotopic (exact) mass is 413 g/mol. The van der Waals surface area contributed by atoms with Gasteiger partial charge in [-0.15, -0.1) is 0 Å². The molecule has 0 saturated carbocycles. The molecule has 0 atom stereocenters. The van der Waals surface area contributed by atoms with Crippen molar-refractivity contribution in [3.05, 3.63) is 62.1 Å². The van der Waals surface area contributed by atoms with E-state index in [1.165, 1.54) is 29.0 Å². The minimum atomic E-state index is -0.513. The summed E-state index contributed by atoms with van der Waals surface area (Å²) < 4.78 is 2.63. The third-order valence-corrected chi connectivity index (χ3v) is 6.27. The average molecular weight is 413 g/mol. The molecular formula is C18H15N5O3S2. The Hall–Kier alpha value is -3.11. The Morgan fingerprint density at radius 2 is 1.89 bits per heavy atom. The average Bonchev–Trinajstić information content (AvgIpc) is 3.33. The lowest BCUT2D eigenvalue weighted by molar-refractivity contribution is -0.380. The molecule has 0 aliphatic carbocycles. The van der Waals surface area contributed by atoms with Crippen LogP contribution in [0.1, 0.15) is 26.5 Å². The van der Waals surface area contributed by atoms with E-state index in [0.29, 0.717) is 10.9 Å². The summed E-state index contributed by atoms with van der Waals surface area (Å²) in [5, 5.41) is 18.6. The number of nitrogens with zero attached hydrogens (tertiary/aromatic N) is 4. The SMILES string of the molecule is Cc1cc(NC(=O)c2ccc([N+](=O)[O-])s2)n(-c2nc3cc(C)c(C)cc3s2)n1. The van der Waals surface area contributed by atoms with E-state index in [2.05, 4.69) is 28.4 Å². The van der Waals surface area contributed by atoms with Gasteiger partial charge in [0, 0.05) is 12.1 Å². The minimum Gasteiger partial charge on any atom is -0.306 e. The molecule has 1 amide bonds. The van der Waals surface area contributed by atoms with Crippen LogP contribution >= 0.6 is 22.7 Å². The molecule has 0 aliphatic heterocycles. The molecule has 0 radical (unpaired) electrons. The molecule has 142 valence electrons. The number of aromatic nitrogens is 3. The van der Waals surface area contributed by atoms with Gasteiger partial charge in [-0.05, 0) is 50.1 Å². The molecule has 0 fully saturated rings. The fraction of sp³-hybridized carbons (Fsp3) is 0.167. The van der Waals surface area contributed by atoms with Gasteiger partial charge in [0.25, 0.3) is 5.91 Å². The maximum Gasteiger partial charge on any atom is 0.324 e. The van der Waals surface area contributed by atoms with Crippen molar-refractivity contribution >= 4 is 49.6 Å². The summed E-state index contributed by atoms with van der Waals surface area (Å²) in [6.45, 7) is 5.92. The van der Waals surface area contributed by atoms with Crippen molar-refractivity contribution in [1.29, 1.82) is 0 Å². The topological polar surface area (TPSA) is 103 Å². The number of benzene rings is 1. The van der Waals surface area contributed by atoms with Gasteiger partial charge in [-0.2, -0.15) is 9.78 Å². The second-order valence-electron chi connectivity index (χ2n) is 6.33. The lowest BCUT2D eigenvalue weighted by Gasteiger charge is -2.04. The van der Waals surface area contributed by atoms with Crippen molar-refractivity contribution in [2.24, 2.45) is 0 Å². The molecule has 1 N–H and O–H groups in total. The van der Waals surface area contributed by atoms with Crippen LogP contribution in [0.3, 0.4) is 0 Å². The van der Waals surface area contributed by atoms with Crippen LogP contribution in [0.15, 0.2) is 30.3 Å². The lowest BCUT2D eigenvalue weighted by atomic mass is 10.1. The van der Waals surface area contributed by atoms with Gasteiger partial charge < -0.3 is 5.32 Å². The molecule has 0 bridgehead atoms. The van der Waals surface area contributed by atoms with Crippen LogP contribution in [0.5, 0.6) is 0 Å². The Morgan fingerprint density at radius 3 is 2.61 bits per heavy atom. The number of carbonyl (C=O) groups excluding carboxylic acids is 1. The number of nitro groups is 1. The minimum absolute atomic E-state index is 0.0771. The molecule has 3 aromatic heterocycles. The molecule has 0 aliphatic rings. The number of thiazole rings is 1. The predicted molar refractivity (Wildman–Crippen MR) is 110 cm³/mol. The first-order valence-electron chi connectivity index (χ1n) is 8.32. The van der Waals surface area contributed by atoms with E-state index in [1.54, 1.807) is 10.7 Å². The van der Waals surface area contributed by atoms with Gasteiger partial charge in [-0.25, -0.2) is 4.98 Å². The molecule has 28 heavy (non-hydrogen) atoms. The zero-order chi connectivity index (χ0) is 20.0. The lowest BCUT2D eigenvalue weighted by Crippen LogP contribution is -2.13. The highest BCUT2D eigenvalue weighted by Crippen LogP contribution is 2.30. The molecule has 3 heterocycles. The van der Waals surface area contributed by atoms with E-state index < -0.39 is 10.8 Å². The predicted octanol–water partition coefficient (Wildman–Crippen LogP) is 4.63. The second kappa shape index (κ2) is 6.80. The maximum absolute atomic E-state index is 12.5. The van der Waals surface area contributed by atoms with Crippen molar-refractivity contribution in [2.75, 3.05) is 5.32 Å². The Kier molecular flexibility index (Phi) is 4.44. The van der Waals surface area contributed by atoms with E-state index in [-0.39, 0.29) is 9.88 Å². The Balaban J connectivity index is 1.68. The number of nitrogens with one attached hydrogen (secondary N) is 1. The van der Waals surface area contributed by atoms with Crippen molar-refractivity contribution in [3.8, 4) is 5.13 Å². The van der Waals surface area contributed by atoms with Crippen LogP contribution in [0.2, 0.25) is 0 Å². The number of rotatable bonds is 4. The number of aryl methyl sites for hydroxylation is 3. The third-order valence-electron chi connectivity index (χ3n) is 4.24. The first-order chi connectivity index (χ1) is 13.3. The van der Waals surface area contributed by atoms with Crippen molar-refractivity contribution < 1.29 is 9.72 Å². The molecule has 0 saturated heterocycles. The van der Waals surface area contributed by atoms with Gasteiger partial charge in [0.1, 0.15) is 5.82 Å². The number of anilines is 1. The zero-order valence-electron chi connectivity index (χ0n) is 15.2. The Bertz CT molecular complexity index is 1200. The fourth-order valence-corrected chi connectivity index (χ4v) is 4.45. The van der Waals surface area contributed by atoms with Crippen LogP contribution in [0.4, 0.5) is 10.8 Å². The van der Waals surface area contributed by atoms with Gasteiger partial charge >= 0.3 is 5.00 Å². The number of thiophene rings is 1. The number of hydrogen-bond donors (Lipinski definition) is 1. The number of carbonyl (C=O) groups is 1. The van der Waals surface area contributed by atoms with Crippen LogP contribution in [0, 0.1) is 30.9 Å². The molecule has 4 aromatic rings. The quantitative estimate of drug-likeness (QED) is 0.388. The molecule has 4 rings (SSSR count). The first-order valence-corrected chi connectivity index (χ1v) is 9.95. The Labute approximate surface area is 167 Å². The molecule has 0 unspecified atom stereocenters. The second-order valence-corrected chi connectivity index (χ2v) is 8.40. The van der Waals surface area contributed by atoms with Gasteiger partial charge in [-0.3, -0.25) is 14.9 Å². The van der Waals surface area contributed by atoms with Crippen molar-refractivity contribution in [1.82, 2.24) is 14.8 Å². The zero-order valence-corrected chi connectivity index (χ0v) is 16.8. The van der Waals surface area contributed by atoms with E-state index >= 15 is 0 Å². The van der Waals surface area contributed by atoms with Crippen LogP contribution < -0.4 is 5.32 Å². The summed E-state index contributed by atoms with van der Waals surface area (Å²) in [4.78, 5) is 27.7. The van der Waals surface area contributed by atoms with E-state index in [9.17, 15) is 14.9 Å². The first kappa shape index (κ1) is 18.3. The highest BCUT2D eigenvalue weighted by atomic mass is 32.1. The fourth-order valence-electron chi connectivity index (χ4n) is 2.72. The van der Waals surface area contributed by atoms with E-state index in [0.717, 1.165) is 32.8 Å². The molecule has 10 heteroatoms. The van der Waals surface area contributed by atoms with Gasteiger partial charge in [-0.1, -0.05) is 22.7 Å². The van der Waals surface area contributed by atoms with E-state index in [1.807, 2.05) is 19.9 Å².